The summed E-state index contributed by atoms with van der Waals surface area (Å²) in [5.74, 6) is 0.478. The molecule has 1 fully saturated rings. The number of nitrogens with two attached hydrogens (primary N) is 1. The predicted molar refractivity (Wildman–Crippen MR) is 116 cm³/mol. The first-order valence-electron chi connectivity index (χ1n) is 9.67. The number of hydrogen-bond acceptors (Lipinski definition) is 7. The molecule has 0 atom stereocenters. The SMILES string of the molecule is Nc1ncc(-c2cnn(CC(=O)N3CCOCC3)c2)cc1-c1nc2ccccc2s1. The molecule has 1 aromatic carbocycles. The Hall–Kier alpha value is -3.30. The van der Waals surface area contributed by atoms with E-state index in [0.717, 1.165) is 31.9 Å². The third kappa shape index (κ3) is 3.64. The van der Waals surface area contributed by atoms with Gasteiger partial charge in [-0.05, 0) is 18.2 Å². The van der Waals surface area contributed by atoms with Crippen LogP contribution in [-0.2, 0) is 16.1 Å². The van der Waals surface area contributed by atoms with Crippen LogP contribution in [0.5, 0.6) is 0 Å². The van der Waals surface area contributed by atoms with Gasteiger partial charge in [0.2, 0.25) is 5.91 Å². The maximum Gasteiger partial charge on any atom is 0.244 e. The summed E-state index contributed by atoms with van der Waals surface area (Å²) in [5.41, 5.74) is 9.64. The van der Waals surface area contributed by atoms with Gasteiger partial charge in [0.25, 0.3) is 0 Å². The average molecular weight is 420 g/mol. The van der Waals surface area contributed by atoms with Crippen molar-refractivity contribution in [2.45, 2.75) is 6.54 Å². The summed E-state index contributed by atoms with van der Waals surface area (Å²) in [5, 5.41) is 5.18. The lowest BCUT2D eigenvalue weighted by molar-refractivity contribution is -0.136. The maximum absolute atomic E-state index is 12.5. The second-order valence-corrected chi connectivity index (χ2v) is 8.09. The van der Waals surface area contributed by atoms with Crippen molar-refractivity contribution in [3.8, 4) is 21.7 Å². The fourth-order valence-electron chi connectivity index (χ4n) is 3.44. The Morgan fingerprint density at radius 3 is 2.83 bits per heavy atom. The van der Waals surface area contributed by atoms with Crippen LogP contribution in [-0.4, -0.2) is 56.9 Å². The molecule has 4 heterocycles. The number of nitrogens with zero attached hydrogens (tertiary/aromatic N) is 5. The molecule has 0 bridgehead atoms. The highest BCUT2D eigenvalue weighted by atomic mass is 32.1. The van der Waals surface area contributed by atoms with Crippen LogP contribution in [0.4, 0.5) is 5.82 Å². The summed E-state index contributed by atoms with van der Waals surface area (Å²) in [6, 6.07) is 9.97. The number of para-hydroxylation sites is 1. The molecule has 0 unspecified atom stereocenters. The summed E-state index contributed by atoms with van der Waals surface area (Å²) in [6.45, 7) is 2.62. The van der Waals surface area contributed by atoms with E-state index in [1.807, 2.05) is 36.5 Å². The van der Waals surface area contributed by atoms with E-state index in [2.05, 4.69) is 10.1 Å². The minimum absolute atomic E-state index is 0.0403. The fraction of sp³-hybridized carbons (Fsp3) is 0.238. The van der Waals surface area contributed by atoms with E-state index in [9.17, 15) is 4.79 Å². The Morgan fingerprint density at radius 1 is 1.17 bits per heavy atom. The van der Waals surface area contributed by atoms with E-state index in [4.69, 9.17) is 15.5 Å². The number of morpholine rings is 1. The van der Waals surface area contributed by atoms with Crippen LogP contribution in [0.3, 0.4) is 0 Å². The normalized spacial score (nSPS) is 14.3. The Balaban J connectivity index is 1.40. The molecule has 1 aliphatic heterocycles. The van der Waals surface area contributed by atoms with E-state index in [1.165, 1.54) is 0 Å². The van der Waals surface area contributed by atoms with Gasteiger partial charge in [0, 0.05) is 36.6 Å². The third-order valence-corrected chi connectivity index (χ3v) is 6.14. The number of rotatable bonds is 4. The van der Waals surface area contributed by atoms with E-state index in [0.29, 0.717) is 32.1 Å². The second-order valence-electron chi connectivity index (χ2n) is 7.06. The first kappa shape index (κ1) is 18.7. The molecule has 3 aromatic heterocycles. The van der Waals surface area contributed by atoms with Crippen molar-refractivity contribution in [2.75, 3.05) is 32.0 Å². The summed E-state index contributed by atoms with van der Waals surface area (Å²) in [7, 11) is 0. The van der Waals surface area contributed by atoms with Crippen LogP contribution in [0.2, 0.25) is 0 Å². The lowest BCUT2D eigenvalue weighted by atomic mass is 10.1. The number of thiazole rings is 1. The van der Waals surface area contributed by atoms with Crippen LogP contribution in [0.25, 0.3) is 31.9 Å². The fourth-order valence-corrected chi connectivity index (χ4v) is 4.43. The maximum atomic E-state index is 12.5. The molecule has 30 heavy (non-hydrogen) atoms. The molecule has 152 valence electrons. The highest BCUT2D eigenvalue weighted by Crippen LogP contribution is 2.34. The minimum Gasteiger partial charge on any atom is -0.383 e. The number of carbonyl (C=O) groups is 1. The quantitative estimate of drug-likeness (QED) is 0.545. The lowest BCUT2D eigenvalue weighted by Crippen LogP contribution is -2.42. The van der Waals surface area contributed by atoms with E-state index < -0.39 is 0 Å². The molecule has 0 aliphatic carbocycles. The third-order valence-electron chi connectivity index (χ3n) is 5.07. The summed E-state index contributed by atoms with van der Waals surface area (Å²) >= 11 is 1.59. The van der Waals surface area contributed by atoms with Gasteiger partial charge in [0.05, 0.1) is 35.2 Å². The van der Waals surface area contributed by atoms with Crippen LogP contribution >= 0.6 is 11.3 Å². The molecule has 0 radical (unpaired) electrons. The molecule has 4 aromatic rings. The van der Waals surface area contributed by atoms with Crippen LogP contribution in [0.15, 0.2) is 48.9 Å². The molecule has 9 heteroatoms. The molecule has 1 saturated heterocycles. The van der Waals surface area contributed by atoms with Gasteiger partial charge in [-0.15, -0.1) is 11.3 Å². The van der Waals surface area contributed by atoms with Gasteiger partial charge in [-0.25, -0.2) is 9.97 Å². The molecular weight excluding hydrogens is 400 g/mol. The van der Waals surface area contributed by atoms with Crippen LogP contribution in [0, 0.1) is 0 Å². The molecular formula is C21H20N6O2S. The average Bonchev–Trinajstić information content (AvgIpc) is 3.41. The standard InChI is InChI=1S/C21H20N6O2S/c22-20-16(21-25-17-3-1-2-4-18(17)30-21)9-14(10-23-20)15-11-24-27(12-15)13-19(28)26-5-7-29-8-6-26/h1-4,9-12H,5-8,13H2,(H2,22,23). The van der Waals surface area contributed by atoms with Crippen molar-refractivity contribution in [1.82, 2.24) is 24.6 Å². The predicted octanol–water partition coefficient (Wildman–Crippen LogP) is 2.66. The number of benzene rings is 1. The van der Waals surface area contributed by atoms with Gasteiger partial charge >= 0.3 is 0 Å². The zero-order chi connectivity index (χ0) is 20.5. The minimum atomic E-state index is 0.0403. The summed E-state index contributed by atoms with van der Waals surface area (Å²) in [4.78, 5) is 23.3. The molecule has 2 N–H and O–H groups in total. The van der Waals surface area contributed by atoms with Crippen molar-refractivity contribution < 1.29 is 9.53 Å². The molecule has 1 aliphatic rings. The summed E-state index contributed by atoms with van der Waals surface area (Å²) in [6.07, 6.45) is 5.31. The molecule has 5 rings (SSSR count). The summed E-state index contributed by atoms with van der Waals surface area (Å²) < 4.78 is 8.06. The number of anilines is 1. The van der Waals surface area contributed by atoms with Crippen molar-refractivity contribution in [1.29, 1.82) is 0 Å². The Labute approximate surface area is 176 Å². The van der Waals surface area contributed by atoms with Crippen molar-refractivity contribution >= 4 is 33.3 Å². The highest BCUT2D eigenvalue weighted by molar-refractivity contribution is 7.21. The second kappa shape index (κ2) is 7.85. The van der Waals surface area contributed by atoms with Gasteiger partial charge in [0.15, 0.2) is 0 Å². The monoisotopic (exact) mass is 420 g/mol. The number of aromatic nitrogens is 4. The Morgan fingerprint density at radius 2 is 2.00 bits per heavy atom. The van der Waals surface area contributed by atoms with Gasteiger partial charge < -0.3 is 15.4 Å². The van der Waals surface area contributed by atoms with Gasteiger partial charge in [-0.3, -0.25) is 9.48 Å². The first-order valence-corrected chi connectivity index (χ1v) is 10.5. The van der Waals surface area contributed by atoms with Crippen molar-refractivity contribution in [2.24, 2.45) is 0 Å². The number of fused-ring (bicyclic) bond motifs is 1. The van der Waals surface area contributed by atoms with Gasteiger partial charge in [-0.2, -0.15) is 5.10 Å². The largest absolute Gasteiger partial charge is 0.383 e. The lowest BCUT2D eigenvalue weighted by Gasteiger charge is -2.26. The number of ether oxygens (including phenoxy) is 1. The zero-order valence-electron chi connectivity index (χ0n) is 16.2. The number of amides is 1. The topological polar surface area (TPSA) is 99.2 Å². The Kier molecular flexibility index (Phi) is 4.89. The molecule has 0 spiro atoms. The van der Waals surface area contributed by atoms with Gasteiger partial charge in [0.1, 0.15) is 17.4 Å². The smallest absolute Gasteiger partial charge is 0.244 e. The van der Waals surface area contributed by atoms with Crippen molar-refractivity contribution in [3.05, 3.63) is 48.9 Å². The van der Waals surface area contributed by atoms with E-state index in [1.54, 1.807) is 33.3 Å². The molecule has 8 nitrogen and oxygen atoms in total. The zero-order valence-corrected chi connectivity index (χ0v) is 17.0. The van der Waals surface area contributed by atoms with E-state index >= 15 is 0 Å². The Bertz CT molecular complexity index is 1180. The van der Waals surface area contributed by atoms with E-state index in [-0.39, 0.29) is 12.5 Å². The van der Waals surface area contributed by atoms with Crippen molar-refractivity contribution in [3.63, 3.8) is 0 Å². The van der Waals surface area contributed by atoms with Gasteiger partial charge in [-0.1, -0.05) is 12.1 Å². The number of pyridine rings is 1. The number of carbonyl (C=O) groups excluding carboxylic acids is 1. The first-order chi connectivity index (χ1) is 14.7. The number of hydrogen-bond donors (Lipinski definition) is 1. The van der Waals surface area contributed by atoms with Crippen LogP contribution < -0.4 is 5.73 Å². The molecule has 0 saturated carbocycles. The number of nitrogen functional groups attached to an aromatic ring is 1. The van der Waals surface area contributed by atoms with Crippen LogP contribution in [0.1, 0.15) is 0 Å². The highest BCUT2D eigenvalue weighted by Gasteiger charge is 2.18. The molecule has 1 amide bonds.